The van der Waals surface area contributed by atoms with Crippen LogP contribution in [0.5, 0.6) is 0 Å². The summed E-state index contributed by atoms with van der Waals surface area (Å²) >= 11 is 0. The van der Waals surface area contributed by atoms with Crippen molar-refractivity contribution in [2.75, 3.05) is 13.2 Å². The van der Waals surface area contributed by atoms with Crippen LogP contribution in [-0.4, -0.2) is 52.1 Å². The summed E-state index contributed by atoms with van der Waals surface area (Å²) in [6.45, 7) is 6.82. The minimum Gasteiger partial charge on any atom is -0.478 e. The van der Waals surface area contributed by atoms with Gasteiger partial charge < -0.3 is 25.5 Å². The third-order valence-corrected chi connectivity index (χ3v) is 2.54. The Labute approximate surface area is 152 Å². The molecule has 1 atom stereocenters. The van der Waals surface area contributed by atoms with E-state index in [1.165, 1.54) is 0 Å². The number of aliphatic hydroxyl groups is 1. The monoisotopic (exact) mass is 366 g/mol. The lowest BCUT2D eigenvalue weighted by Crippen LogP contribution is -2.42. The Morgan fingerprint density at radius 3 is 2.04 bits per heavy atom. The van der Waals surface area contributed by atoms with E-state index in [0.717, 1.165) is 5.36 Å². The van der Waals surface area contributed by atoms with E-state index in [2.05, 4.69) is 31.2 Å². The molecule has 0 aliphatic carbocycles. The largest absolute Gasteiger partial charge is 0.478 e. The van der Waals surface area contributed by atoms with E-state index in [1.807, 2.05) is 36.4 Å². The predicted octanol–water partition coefficient (Wildman–Crippen LogP) is 0.980. The molecule has 1 rings (SSSR count). The van der Waals surface area contributed by atoms with Crippen molar-refractivity contribution >= 4 is 11.9 Å². The third-order valence-electron chi connectivity index (χ3n) is 2.54. The summed E-state index contributed by atoms with van der Waals surface area (Å²) in [5, 5.41) is 33.2. The number of rotatable bonds is 7. The summed E-state index contributed by atoms with van der Waals surface area (Å²) in [4.78, 5) is 24.2. The van der Waals surface area contributed by atoms with Gasteiger partial charge in [-0.15, -0.1) is 0 Å². The van der Waals surface area contributed by atoms with Gasteiger partial charge in [0, 0.05) is 24.2 Å². The molecule has 26 heavy (non-hydrogen) atoms. The SMILES string of the molecule is CC(C)(C)NCC(O)CON=c1cccccc1.O=C(O)/C=C/C(=O)O. The molecule has 144 valence electrons. The Morgan fingerprint density at radius 1 is 1.12 bits per heavy atom. The smallest absolute Gasteiger partial charge is 0.328 e. The van der Waals surface area contributed by atoms with Crippen molar-refractivity contribution in [3.8, 4) is 0 Å². The van der Waals surface area contributed by atoms with Crippen LogP contribution in [0.25, 0.3) is 0 Å². The van der Waals surface area contributed by atoms with Crippen molar-refractivity contribution in [2.24, 2.45) is 5.16 Å². The van der Waals surface area contributed by atoms with Crippen LogP contribution in [0.4, 0.5) is 0 Å². The average Bonchev–Trinajstić information content (AvgIpc) is 2.80. The summed E-state index contributed by atoms with van der Waals surface area (Å²) in [7, 11) is 0. The lowest BCUT2D eigenvalue weighted by molar-refractivity contribution is -0.134. The second-order valence-corrected chi connectivity index (χ2v) is 6.21. The van der Waals surface area contributed by atoms with Gasteiger partial charge >= 0.3 is 11.9 Å². The van der Waals surface area contributed by atoms with Gasteiger partial charge in [-0.25, -0.2) is 9.59 Å². The van der Waals surface area contributed by atoms with Crippen molar-refractivity contribution in [3.05, 3.63) is 53.9 Å². The summed E-state index contributed by atoms with van der Waals surface area (Å²) in [5.74, 6) is -2.51. The zero-order valence-electron chi connectivity index (χ0n) is 15.1. The number of aliphatic carboxylic acids is 2. The number of carbonyl (C=O) groups is 2. The molecule has 1 unspecified atom stereocenters. The fourth-order valence-electron chi connectivity index (χ4n) is 1.38. The molecule has 0 aliphatic heterocycles. The fourth-order valence-corrected chi connectivity index (χ4v) is 1.38. The van der Waals surface area contributed by atoms with Crippen molar-refractivity contribution in [2.45, 2.75) is 32.4 Å². The standard InChI is InChI=1S/C14H22N2O2.C4H4O4/c1-14(2,3)15-10-13(17)11-18-16-12-8-6-4-5-7-9-12;5-3(6)1-2-4(7)8/h4-9,13,15,17H,10-11H2,1-3H3;1-2H,(H,5,6)(H,7,8)/b;2-1+. The molecular weight excluding hydrogens is 340 g/mol. The second-order valence-electron chi connectivity index (χ2n) is 6.21. The molecule has 1 aromatic rings. The van der Waals surface area contributed by atoms with Gasteiger partial charge in [-0.05, 0) is 32.9 Å². The van der Waals surface area contributed by atoms with Crippen LogP contribution in [0.1, 0.15) is 20.8 Å². The maximum atomic E-state index is 9.69. The zero-order chi connectivity index (χ0) is 20.0. The van der Waals surface area contributed by atoms with E-state index in [0.29, 0.717) is 18.7 Å². The molecule has 0 amide bonds. The van der Waals surface area contributed by atoms with Crippen LogP contribution >= 0.6 is 0 Å². The summed E-state index contributed by atoms with van der Waals surface area (Å²) in [6.07, 6.45) is 0.551. The molecule has 0 bridgehead atoms. The van der Waals surface area contributed by atoms with Gasteiger partial charge in [0.1, 0.15) is 18.1 Å². The molecule has 0 heterocycles. The first-order valence-corrected chi connectivity index (χ1v) is 7.88. The minimum atomic E-state index is -1.26. The number of β-amino-alcohol motifs (C(OH)–C–C–N with tert-alkyl or cyclic N) is 1. The minimum absolute atomic E-state index is 0.00863. The van der Waals surface area contributed by atoms with Gasteiger partial charge in [0.2, 0.25) is 0 Å². The van der Waals surface area contributed by atoms with Crippen LogP contribution < -0.4 is 10.7 Å². The number of nitrogens with one attached hydrogen (secondary N) is 1. The number of nitrogens with zero attached hydrogens (tertiary/aromatic N) is 1. The van der Waals surface area contributed by atoms with Gasteiger partial charge in [0.25, 0.3) is 0 Å². The predicted molar refractivity (Wildman–Crippen MR) is 96.1 cm³/mol. The summed E-state index contributed by atoms with van der Waals surface area (Å²) in [6, 6.07) is 11.3. The molecule has 0 saturated heterocycles. The van der Waals surface area contributed by atoms with E-state index in [-0.39, 0.29) is 12.1 Å². The van der Waals surface area contributed by atoms with Crippen LogP contribution in [0.2, 0.25) is 0 Å². The molecule has 0 aromatic heterocycles. The first kappa shape index (κ1) is 23.3. The quantitative estimate of drug-likeness (QED) is 0.418. The lowest BCUT2D eigenvalue weighted by atomic mass is 10.1. The van der Waals surface area contributed by atoms with Gasteiger partial charge in [-0.2, -0.15) is 0 Å². The topological polar surface area (TPSA) is 128 Å². The van der Waals surface area contributed by atoms with Gasteiger partial charge in [-0.3, -0.25) is 0 Å². The molecular formula is C18H26N2O6. The molecule has 0 radical (unpaired) electrons. The Morgan fingerprint density at radius 2 is 1.62 bits per heavy atom. The highest BCUT2D eigenvalue weighted by Crippen LogP contribution is 1.98. The van der Waals surface area contributed by atoms with Crippen molar-refractivity contribution in [3.63, 3.8) is 0 Å². The van der Waals surface area contributed by atoms with Crippen molar-refractivity contribution in [1.29, 1.82) is 0 Å². The maximum absolute atomic E-state index is 9.69. The number of carboxylic acids is 2. The Bertz CT molecular complexity index is 615. The van der Waals surface area contributed by atoms with E-state index in [1.54, 1.807) is 0 Å². The number of hydrogen-bond acceptors (Lipinski definition) is 6. The Hall–Kier alpha value is -2.71. The molecule has 1 aromatic carbocycles. The van der Waals surface area contributed by atoms with E-state index < -0.39 is 18.0 Å². The Balaban J connectivity index is 0.000000660. The molecule has 0 saturated carbocycles. The molecule has 0 aliphatic rings. The van der Waals surface area contributed by atoms with Gasteiger partial charge in [-0.1, -0.05) is 29.4 Å². The van der Waals surface area contributed by atoms with Crippen molar-refractivity contribution < 1.29 is 29.7 Å². The normalized spacial score (nSPS) is 11.8. The number of carboxylic acid groups (broad SMARTS) is 2. The molecule has 8 heteroatoms. The molecule has 8 nitrogen and oxygen atoms in total. The van der Waals surface area contributed by atoms with E-state index >= 15 is 0 Å². The highest BCUT2D eigenvalue weighted by atomic mass is 16.6. The fraction of sp³-hybridized carbons (Fsp3) is 0.389. The summed E-state index contributed by atoms with van der Waals surface area (Å²) < 4.78 is 0. The van der Waals surface area contributed by atoms with Crippen LogP contribution in [0.15, 0.2) is 53.7 Å². The Kier molecular flexibility index (Phi) is 11.3. The first-order chi connectivity index (χ1) is 12.1. The van der Waals surface area contributed by atoms with Crippen molar-refractivity contribution in [1.82, 2.24) is 5.32 Å². The maximum Gasteiger partial charge on any atom is 0.328 e. The first-order valence-electron chi connectivity index (χ1n) is 7.88. The van der Waals surface area contributed by atoms with E-state index in [4.69, 9.17) is 15.1 Å². The average molecular weight is 366 g/mol. The second kappa shape index (κ2) is 12.6. The number of hydrogen-bond donors (Lipinski definition) is 4. The van der Waals surface area contributed by atoms with Gasteiger partial charge in [0.05, 0.1) is 0 Å². The van der Waals surface area contributed by atoms with Crippen LogP contribution in [0.3, 0.4) is 0 Å². The molecule has 0 fully saturated rings. The number of aliphatic hydroxyl groups excluding tert-OH is 1. The molecule has 4 N–H and O–H groups in total. The highest BCUT2D eigenvalue weighted by molar-refractivity contribution is 5.89. The third kappa shape index (κ3) is 16.2. The molecule has 0 spiro atoms. The van der Waals surface area contributed by atoms with Crippen LogP contribution in [0, 0.1) is 0 Å². The van der Waals surface area contributed by atoms with Gasteiger partial charge in [0.15, 0.2) is 0 Å². The zero-order valence-corrected chi connectivity index (χ0v) is 15.1. The van der Waals surface area contributed by atoms with E-state index in [9.17, 15) is 14.7 Å². The summed E-state index contributed by atoms with van der Waals surface area (Å²) in [5.41, 5.74) is -0.00863. The lowest BCUT2D eigenvalue weighted by Gasteiger charge is -2.22. The highest BCUT2D eigenvalue weighted by Gasteiger charge is 2.12. The van der Waals surface area contributed by atoms with Crippen LogP contribution in [-0.2, 0) is 14.4 Å².